The Morgan fingerprint density at radius 2 is 1.59 bits per heavy atom. The SMILES string of the molecule is CCOC(=O)[C@H](CC(C)C)NC(=O)[C@@H](Cc1ccc(N(CCCl)CCCl)cc1)NC(C)=O. The van der Waals surface area contributed by atoms with Crippen LogP contribution in [0.15, 0.2) is 24.3 Å². The summed E-state index contributed by atoms with van der Waals surface area (Å²) in [6, 6.07) is 6.12. The number of esters is 1. The lowest BCUT2D eigenvalue weighted by Crippen LogP contribution is -2.52. The van der Waals surface area contributed by atoms with Crippen molar-refractivity contribution < 1.29 is 19.1 Å². The smallest absolute Gasteiger partial charge is 0.328 e. The number of hydrogen-bond donors (Lipinski definition) is 2. The molecule has 180 valence electrons. The lowest BCUT2D eigenvalue weighted by atomic mass is 10.0. The number of benzene rings is 1. The minimum atomic E-state index is -0.816. The van der Waals surface area contributed by atoms with Gasteiger partial charge >= 0.3 is 5.97 Å². The fourth-order valence-electron chi connectivity index (χ4n) is 3.31. The number of rotatable bonds is 14. The van der Waals surface area contributed by atoms with Gasteiger partial charge < -0.3 is 20.3 Å². The molecule has 0 aliphatic carbocycles. The zero-order valence-corrected chi connectivity index (χ0v) is 20.8. The molecule has 7 nitrogen and oxygen atoms in total. The summed E-state index contributed by atoms with van der Waals surface area (Å²) < 4.78 is 5.10. The Morgan fingerprint density at radius 1 is 1.00 bits per heavy atom. The van der Waals surface area contributed by atoms with Gasteiger partial charge in [0.2, 0.25) is 11.8 Å². The van der Waals surface area contributed by atoms with Crippen molar-refractivity contribution in [2.75, 3.05) is 36.4 Å². The summed E-state index contributed by atoms with van der Waals surface area (Å²) in [4.78, 5) is 39.0. The van der Waals surface area contributed by atoms with Crippen molar-refractivity contribution in [3.05, 3.63) is 29.8 Å². The van der Waals surface area contributed by atoms with Crippen molar-refractivity contribution in [3.8, 4) is 0 Å². The molecule has 0 aliphatic rings. The van der Waals surface area contributed by atoms with Crippen LogP contribution < -0.4 is 15.5 Å². The van der Waals surface area contributed by atoms with Gasteiger partial charge in [0.25, 0.3) is 0 Å². The number of carbonyl (C=O) groups excluding carboxylic acids is 3. The van der Waals surface area contributed by atoms with Crippen molar-refractivity contribution >= 4 is 46.7 Å². The van der Waals surface area contributed by atoms with Crippen LogP contribution in [0.5, 0.6) is 0 Å². The highest BCUT2D eigenvalue weighted by molar-refractivity contribution is 6.18. The number of ether oxygens (including phenoxy) is 1. The molecule has 32 heavy (non-hydrogen) atoms. The summed E-state index contributed by atoms with van der Waals surface area (Å²) in [7, 11) is 0. The van der Waals surface area contributed by atoms with Crippen LogP contribution in [0.3, 0.4) is 0 Å². The minimum absolute atomic E-state index is 0.181. The lowest BCUT2D eigenvalue weighted by molar-refractivity contribution is -0.148. The van der Waals surface area contributed by atoms with E-state index in [0.29, 0.717) is 31.3 Å². The molecule has 2 N–H and O–H groups in total. The van der Waals surface area contributed by atoms with Crippen molar-refractivity contribution in [2.24, 2.45) is 5.92 Å². The van der Waals surface area contributed by atoms with Gasteiger partial charge in [0.15, 0.2) is 0 Å². The van der Waals surface area contributed by atoms with Crippen LogP contribution in [0.1, 0.15) is 39.7 Å². The first-order chi connectivity index (χ1) is 15.2. The van der Waals surface area contributed by atoms with Crippen molar-refractivity contribution in [3.63, 3.8) is 0 Å². The van der Waals surface area contributed by atoms with E-state index < -0.39 is 24.0 Å². The van der Waals surface area contributed by atoms with Gasteiger partial charge in [-0.05, 0) is 37.0 Å². The Morgan fingerprint density at radius 3 is 2.06 bits per heavy atom. The minimum Gasteiger partial charge on any atom is -0.464 e. The fourth-order valence-corrected chi connectivity index (χ4v) is 3.72. The molecule has 0 aromatic heterocycles. The van der Waals surface area contributed by atoms with E-state index in [2.05, 4.69) is 15.5 Å². The lowest BCUT2D eigenvalue weighted by Gasteiger charge is -2.24. The molecular formula is C23H35Cl2N3O4. The number of nitrogens with zero attached hydrogens (tertiary/aromatic N) is 1. The molecule has 0 saturated heterocycles. The largest absolute Gasteiger partial charge is 0.464 e. The van der Waals surface area contributed by atoms with Gasteiger partial charge in [0.05, 0.1) is 6.61 Å². The maximum Gasteiger partial charge on any atom is 0.328 e. The predicted molar refractivity (Wildman–Crippen MR) is 129 cm³/mol. The summed E-state index contributed by atoms with van der Waals surface area (Å²) >= 11 is 11.8. The van der Waals surface area contributed by atoms with E-state index in [1.165, 1.54) is 6.92 Å². The van der Waals surface area contributed by atoms with Gasteiger partial charge in [0.1, 0.15) is 12.1 Å². The molecule has 0 unspecified atom stereocenters. The first kappa shape index (κ1) is 28.0. The Balaban J connectivity index is 2.96. The third kappa shape index (κ3) is 10.1. The number of hydrogen-bond acceptors (Lipinski definition) is 5. The van der Waals surface area contributed by atoms with Gasteiger partial charge in [-0.3, -0.25) is 9.59 Å². The summed E-state index contributed by atoms with van der Waals surface area (Å²) in [5, 5.41) is 5.44. The van der Waals surface area contributed by atoms with Crippen LogP contribution >= 0.6 is 23.2 Å². The van der Waals surface area contributed by atoms with Crippen LogP contribution in [0.2, 0.25) is 0 Å². The average molecular weight is 488 g/mol. The van der Waals surface area contributed by atoms with Gasteiger partial charge in [-0.2, -0.15) is 0 Å². The second-order valence-electron chi connectivity index (χ2n) is 7.93. The Hall–Kier alpha value is -1.99. The molecule has 0 heterocycles. The quantitative estimate of drug-likeness (QED) is 0.311. The molecule has 0 radical (unpaired) electrons. The van der Waals surface area contributed by atoms with E-state index in [0.717, 1.165) is 11.3 Å². The highest BCUT2D eigenvalue weighted by atomic mass is 35.5. The molecule has 0 bridgehead atoms. The van der Waals surface area contributed by atoms with Gasteiger partial charge in [-0.15, -0.1) is 23.2 Å². The molecule has 0 saturated carbocycles. The summed E-state index contributed by atoms with van der Waals surface area (Å²) in [6.45, 7) is 8.58. The maximum absolute atomic E-state index is 13.0. The zero-order chi connectivity index (χ0) is 24.1. The molecule has 1 aromatic carbocycles. The third-order valence-corrected chi connectivity index (χ3v) is 5.08. The van der Waals surface area contributed by atoms with Gasteiger partial charge in [-0.1, -0.05) is 26.0 Å². The Kier molecular flexibility index (Phi) is 13.1. The monoisotopic (exact) mass is 487 g/mol. The summed E-state index contributed by atoms with van der Waals surface area (Å²) in [5.74, 6) is -0.0646. The van der Waals surface area contributed by atoms with Gasteiger partial charge in [-0.25, -0.2) is 4.79 Å². The highest BCUT2D eigenvalue weighted by Crippen LogP contribution is 2.17. The van der Waals surface area contributed by atoms with E-state index in [-0.39, 0.29) is 24.9 Å². The highest BCUT2D eigenvalue weighted by Gasteiger charge is 2.28. The van der Waals surface area contributed by atoms with Crippen LogP contribution in [0, 0.1) is 5.92 Å². The van der Waals surface area contributed by atoms with E-state index >= 15 is 0 Å². The molecule has 0 aliphatic heterocycles. The van der Waals surface area contributed by atoms with Crippen LogP contribution in [0.25, 0.3) is 0 Å². The van der Waals surface area contributed by atoms with Gasteiger partial charge in [0, 0.05) is 43.9 Å². The van der Waals surface area contributed by atoms with Crippen LogP contribution in [-0.2, 0) is 25.5 Å². The molecule has 0 fully saturated rings. The molecule has 9 heteroatoms. The van der Waals surface area contributed by atoms with E-state index in [1.54, 1.807) is 6.92 Å². The van der Waals surface area contributed by atoms with E-state index in [9.17, 15) is 14.4 Å². The fraction of sp³-hybridized carbons (Fsp3) is 0.609. The normalized spacial score (nSPS) is 12.7. The Labute approximate surface area is 201 Å². The number of anilines is 1. The van der Waals surface area contributed by atoms with E-state index in [1.807, 2.05) is 38.1 Å². The summed E-state index contributed by atoms with van der Waals surface area (Å²) in [5.41, 5.74) is 1.85. The van der Waals surface area contributed by atoms with Crippen molar-refractivity contribution in [2.45, 2.75) is 52.6 Å². The molecule has 1 aromatic rings. The molecule has 2 atom stereocenters. The molecule has 1 rings (SSSR count). The number of halogens is 2. The van der Waals surface area contributed by atoms with Crippen LogP contribution in [-0.4, -0.2) is 61.3 Å². The number of carbonyl (C=O) groups is 3. The maximum atomic E-state index is 13.0. The summed E-state index contributed by atoms with van der Waals surface area (Å²) in [6.07, 6.45) is 0.733. The standard InChI is InChI=1S/C23H35Cl2N3O4/c1-5-32-23(31)21(14-16(2)3)27-22(30)20(26-17(4)29)15-18-6-8-19(9-7-18)28(12-10-24)13-11-25/h6-9,16,20-21H,5,10-15H2,1-4H3,(H,26,29)(H,27,30)/t20-,21+/m1/s1. The zero-order valence-electron chi connectivity index (χ0n) is 19.3. The van der Waals surface area contributed by atoms with Crippen molar-refractivity contribution in [1.29, 1.82) is 0 Å². The second kappa shape index (κ2) is 15.0. The molecular weight excluding hydrogens is 453 g/mol. The molecule has 2 amide bonds. The first-order valence-corrected chi connectivity index (χ1v) is 12.0. The second-order valence-corrected chi connectivity index (χ2v) is 8.69. The number of amides is 2. The Bertz CT molecular complexity index is 722. The number of nitrogens with one attached hydrogen (secondary N) is 2. The number of alkyl halides is 2. The average Bonchev–Trinajstić information content (AvgIpc) is 2.72. The van der Waals surface area contributed by atoms with Crippen LogP contribution in [0.4, 0.5) is 5.69 Å². The topological polar surface area (TPSA) is 87.7 Å². The predicted octanol–water partition coefficient (Wildman–Crippen LogP) is 3.11. The first-order valence-electron chi connectivity index (χ1n) is 10.9. The van der Waals surface area contributed by atoms with E-state index in [4.69, 9.17) is 27.9 Å². The third-order valence-electron chi connectivity index (χ3n) is 4.74. The molecule has 0 spiro atoms. The van der Waals surface area contributed by atoms with Crippen molar-refractivity contribution in [1.82, 2.24) is 10.6 Å².